The number of halogens is 2. The first-order valence-corrected chi connectivity index (χ1v) is 12.4. The van der Waals surface area contributed by atoms with Crippen LogP contribution in [-0.4, -0.2) is 47.7 Å². The number of benzene rings is 1. The Hall–Kier alpha value is -1.39. The van der Waals surface area contributed by atoms with Crippen molar-refractivity contribution < 1.29 is 14.2 Å². The van der Waals surface area contributed by atoms with E-state index in [1.807, 2.05) is 37.3 Å². The monoisotopic (exact) mass is 567 g/mol. The second-order valence-electron chi connectivity index (χ2n) is 7.85. The molecule has 2 aromatic heterocycles. The predicted molar refractivity (Wildman–Crippen MR) is 133 cm³/mol. The molecule has 32 heavy (non-hydrogen) atoms. The Labute approximate surface area is 207 Å². The largest absolute Gasteiger partial charge is 0.382 e. The lowest BCUT2D eigenvalue weighted by Gasteiger charge is -2.35. The van der Waals surface area contributed by atoms with Gasteiger partial charge in [-0.05, 0) is 97.1 Å². The third kappa shape index (κ3) is 5.39. The normalized spacial score (nSPS) is 18.5. The van der Waals surface area contributed by atoms with E-state index in [9.17, 15) is 0 Å². The Morgan fingerprint density at radius 3 is 2.88 bits per heavy atom. The van der Waals surface area contributed by atoms with E-state index in [1.54, 1.807) is 6.20 Å². The maximum absolute atomic E-state index is 6.43. The highest BCUT2D eigenvalue weighted by atomic mass is 127. The van der Waals surface area contributed by atoms with E-state index in [-0.39, 0.29) is 11.6 Å². The molecular weight excluding hydrogens is 541 g/mol. The van der Waals surface area contributed by atoms with E-state index in [1.165, 1.54) is 0 Å². The van der Waals surface area contributed by atoms with Crippen LogP contribution in [-0.2, 0) is 19.6 Å². The van der Waals surface area contributed by atoms with Gasteiger partial charge in [0.1, 0.15) is 0 Å². The third-order valence-corrected chi connectivity index (χ3v) is 6.61. The lowest BCUT2D eigenvalue weighted by Crippen LogP contribution is -2.39. The molecule has 6 nitrogen and oxygen atoms in total. The average molecular weight is 568 g/mol. The van der Waals surface area contributed by atoms with Gasteiger partial charge in [0.25, 0.3) is 0 Å². The molecular formula is C24H27ClIN3O3. The molecule has 4 rings (SSSR count). The lowest BCUT2D eigenvalue weighted by atomic mass is 9.76. The molecule has 0 amide bonds. The Morgan fingerprint density at radius 2 is 2.12 bits per heavy atom. The summed E-state index contributed by atoms with van der Waals surface area (Å²) in [6.07, 6.45) is 5.26. The summed E-state index contributed by atoms with van der Waals surface area (Å²) in [5.74, 6) is 0. The van der Waals surface area contributed by atoms with Gasteiger partial charge in [-0.25, -0.2) is 9.97 Å². The lowest BCUT2D eigenvalue weighted by molar-refractivity contribution is -0.170. The Balaban J connectivity index is 1.87. The second-order valence-corrected chi connectivity index (χ2v) is 9.44. The smallest absolute Gasteiger partial charge is 0.223 e. The van der Waals surface area contributed by atoms with Gasteiger partial charge >= 0.3 is 0 Å². The van der Waals surface area contributed by atoms with Crippen LogP contribution in [0.4, 0.5) is 0 Å². The number of aromatic nitrogens is 3. The van der Waals surface area contributed by atoms with Crippen molar-refractivity contribution in [3.05, 3.63) is 62.8 Å². The quantitative estimate of drug-likeness (QED) is 0.192. The second kappa shape index (κ2) is 11.2. The van der Waals surface area contributed by atoms with Crippen LogP contribution in [0.3, 0.4) is 0 Å². The summed E-state index contributed by atoms with van der Waals surface area (Å²) in [6, 6.07) is 12.0. The molecule has 1 aliphatic rings. The highest BCUT2D eigenvalue weighted by Gasteiger charge is 2.40. The number of ether oxygens (including phenoxy) is 3. The number of pyridine rings is 1. The summed E-state index contributed by atoms with van der Waals surface area (Å²) in [6.45, 7) is 4.24. The van der Waals surface area contributed by atoms with Crippen LogP contribution in [0.5, 0.6) is 0 Å². The first-order valence-electron chi connectivity index (χ1n) is 11.0. The molecule has 0 radical (unpaired) electrons. The SMILES string of the molecule is CCOCCC(COC1CCCCO1)(c1ccccn1)c1nc(Cl)nc2ccc(I)cc12. The molecule has 0 saturated carbocycles. The van der Waals surface area contributed by atoms with Crippen molar-refractivity contribution >= 4 is 45.1 Å². The average Bonchev–Trinajstić information content (AvgIpc) is 2.82. The molecule has 3 aromatic rings. The van der Waals surface area contributed by atoms with Gasteiger partial charge in [-0.15, -0.1) is 0 Å². The minimum atomic E-state index is -0.674. The highest BCUT2D eigenvalue weighted by molar-refractivity contribution is 14.1. The summed E-state index contributed by atoms with van der Waals surface area (Å²) in [4.78, 5) is 14.0. The molecule has 0 bridgehead atoms. The Bertz CT molecular complexity index is 1030. The number of rotatable bonds is 9. The van der Waals surface area contributed by atoms with Gasteiger partial charge in [0.15, 0.2) is 6.29 Å². The summed E-state index contributed by atoms with van der Waals surface area (Å²) >= 11 is 8.73. The van der Waals surface area contributed by atoms with Gasteiger partial charge in [0.2, 0.25) is 5.28 Å². The van der Waals surface area contributed by atoms with Crippen LogP contribution in [0.2, 0.25) is 5.28 Å². The van der Waals surface area contributed by atoms with Crippen molar-refractivity contribution in [3.63, 3.8) is 0 Å². The standard InChI is InChI=1S/C24H27ClIN3O3/c1-2-30-14-11-24(20-7-3-5-12-27-20,16-32-21-8-4-6-13-31-21)22-18-15-17(26)9-10-19(18)28-23(25)29-22/h3,5,7,9-10,12,15,21H,2,4,6,8,11,13-14,16H2,1H3. The molecule has 1 saturated heterocycles. The van der Waals surface area contributed by atoms with Gasteiger partial charge in [0, 0.05) is 35.0 Å². The van der Waals surface area contributed by atoms with Crippen LogP contribution in [0, 0.1) is 3.57 Å². The maximum Gasteiger partial charge on any atom is 0.223 e. The summed E-state index contributed by atoms with van der Waals surface area (Å²) in [5.41, 5.74) is 1.80. The molecule has 170 valence electrons. The fraction of sp³-hybridized carbons (Fsp3) is 0.458. The van der Waals surface area contributed by atoms with Crippen LogP contribution in [0.1, 0.15) is 44.0 Å². The summed E-state index contributed by atoms with van der Waals surface area (Å²) < 4.78 is 19.1. The molecule has 2 unspecified atom stereocenters. The number of nitrogens with zero attached hydrogens (tertiary/aromatic N) is 3. The zero-order valence-corrected chi connectivity index (χ0v) is 21.0. The molecule has 1 aliphatic heterocycles. The molecule has 1 fully saturated rings. The molecule has 3 heterocycles. The van der Waals surface area contributed by atoms with Crippen LogP contribution in [0.15, 0.2) is 42.6 Å². The van der Waals surface area contributed by atoms with Crippen molar-refractivity contribution in [1.82, 2.24) is 15.0 Å². The fourth-order valence-electron chi connectivity index (χ4n) is 4.13. The van der Waals surface area contributed by atoms with Gasteiger partial charge < -0.3 is 14.2 Å². The maximum atomic E-state index is 6.43. The molecule has 0 aliphatic carbocycles. The van der Waals surface area contributed by atoms with Crippen LogP contribution < -0.4 is 0 Å². The molecule has 1 aromatic carbocycles. The molecule has 8 heteroatoms. The zero-order valence-electron chi connectivity index (χ0n) is 18.1. The minimum Gasteiger partial charge on any atom is -0.382 e. The van der Waals surface area contributed by atoms with Crippen molar-refractivity contribution in [2.24, 2.45) is 0 Å². The van der Waals surface area contributed by atoms with E-state index in [4.69, 9.17) is 35.8 Å². The highest BCUT2D eigenvalue weighted by Crippen LogP contribution is 2.39. The van der Waals surface area contributed by atoms with Crippen LogP contribution >= 0.6 is 34.2 Å². The Morgan fingerprint density at radius 1 is 1.22 bits per heavy atom. The van der Waals surface area contributed by atoms with Gasteiger partial charge in [0.05, 0.1) is 28.9 Å². The minimum absolute atomic E-state index is 0.208. The zero-order chi connectivity index (χ0) is 22.4. The first-order chi connectivity index (χ1) is 15.6. The summed E-state index contributed by atoms with van der Waals surface area (Å²) in [7, 11) is 0. The fourth-order valence-corrected chi connectivity index (χ4v) is 4.80. The first kappa shape index (κ1) is 23.8. The molecule has 2 atom stereocenters. The topological polar surface area (TPSA) is 66.4 Å². The van der Waals surface area contributed by atoms with E-state index >= 15 is 0 Å². The number of hydrogen-bond acceptors (Lipinski definition) is 6. The van der Waals surface area contributed by atoms with Crippen molar-refractivity contribution in [1.29, 1.82) is 0 Å². The van der Waals surface area contributed by atoms with E-state index in [0.29, 0.717) is 26.2 Å². The molecule has 0 N–H and O–H groups in total. The van der Waals surface area contributed by atoms with Gasteiger partial charge in [-0.1, -0.05) is 6.07 Å². The van der Waals surface area contributed by atoms with E-state index < -0.39 is 5.41 Å². The third-order valence-electron chi connectivity index (χ3n) is 5.77. The van der Waals surface area contributed by atoms with Crippen molar-refractivity contribution in [2.75, 3.05) is 26.4 Å². The van der Waals surface area contributed by atoms with E-state index in [2.05, 4.69) is 33.6 Å². The summed E-state index contributed by atoms with van der Waals surface area (Å²) in [5, 5.41) is 1.15. The number of hydrogen-bond donors (Lipinski definition) is 0. The van der Waals surface area contributed by atoms with Gasteiger partial charge in [-0.3, -0.25) is 4.98 Å². The Kier molecular flexibility index (Phi) is 8.28. The van der Waals surface area contributed by atoms with Crippen LogP contribution in [0.25, 0.3) is 10.9 Å². The van der Waals surface area contributed by atoms with Crippen molar-refractivity contribution in [2.45, 2.75) is 44.3 Å². The number of fused-ring (bicyclic) bond motifs is 1. The van der Waals surface area contributed by atoms with Crippen molar-refractivity contribution in [3.8, 4) is 0 Å². The predicted octanol–water partition coefficient (Wildman–Crippen LogP) is 5.54. The van der Waals surface area contributed by atoms with E-state index in [0.717, 1.165) is 51.7 Å². The van der Waals surface area contributed by atoms with Gasteiger partial charge in [-0.2, -0.15) is 0 Å². The molecule has 0 spiro atoms.